The van der Waals surface area contributed by atoms with E-state index in [0.717, 1.165) is 26.2 Å². The molecule has 22 heavy (non-hydrogen) atoms. The zero-order valence-electron chi connectivity index (χ0n) is 14.4. The van der Waals surface area contributed by atoms with E-state index in [1.165, 1.54) is 51.4 Å². The van der Waals surface area contributed by atoms with E-state index in [9.17, 15) is 4.79 Å². The third-order valence-corrected chi connectivity index (χ3v) is 3.16. The molecule has 0 unspecified atom stereocenters. The van der Waals surface area contributed by atoms with Crippen LogP contribution in [0.2, 0.25) is 0 Å². The van der Waals surface area contributed by atoms with Crippen molar-refractivity contribution in [3.8, 4) is 0 Å². The van der Waals surface area contributed by atoms with E-state index >= 15 is 0 Å². The minimum absolute atomic E-state index is 0.339. The summed E-state index contributed by atoms with van der Waals surface area (Å²) in [6.07, 6.45) is 18.4. The fourth-order valence-electron chi connectivity index (χ4n) is 2.06. The quantitative estimate of drug-likeness (QED) is 0.351. The summed E-state index contributed by atoms with van der Waals surface area (Å²) in [6, 6.07) is 0. The molecule has 0 bridgehead atoms. The van der Waals surface area contributed by atoms with Gasteiger partial charge in [-0.2, -0.15) is 0 Å². The lowest BCUT2D eigenvalue weighted by Crippen LogP contribution is -1.93. The van der Waals surface area contributed by atoms with Gasteiger partial charge in [0, 0.05) is 13.3 Å². The largest absolute Gasteiger partial charge is 0.481 e. The molecule has 0 aliphatic heterocycles. The molecular weight excluding hydrogens is 280 g/mol. The maximum atomic E-state index is 10.3. The lowest BCUT2D eigenvalue weighted by Gasteiger charge is -2.01. The monoisotopic (exact) mass is 314 g/mol. The number of carbonyl (C=O) groups is 2. The van der Waals surface area contributed by atoms with E-state index in [2.05, 4.69) is 19.1 Å². The Morgan fingerprint density at radius 2 is 1.18 bits per heavy atom. The summed E-state index contributed by atoms with van der Waals surface area (Å²) in [5.41, 5.74) is 0. The Hall–Kier alpha value is -1.32. The molecule has 4 nitrogen and oxygen atoms in total. The highest BCUT2D eigenvalue weighted by molar-refractivity contribution is 5.66. The predicted molar refractivity (Wildman–Crippen MR) is 91.2 cm³/mol. The zero-order chi connectivity index (χ0) is 17.1. The third kappa shape index (κ3) is 31.2. The van der Waals surface area contributed by atoms with Crippen LogP contribution in [-0.2, 0) is 9.59 Å². The second-order valence-corrected chi connectivity index (χ2v) is 5.51. The van der Waals surface area contributed by atoms with Gasteiger partial charge in [0.15, 0.2) is 0 Å². The highest BCUT2D eigenvalue weighted by Crippen LogP contribution is 2.11. The average molecular weight is 314 g/mol. The van der Waals surface area contributed by atoms with Crippen molar-refractivity contribution in [2.24, 2.45) is 0 Å². The van der Waals surface area contributed by atoms with Crippen molar-refractivity contribution < 1.29 is 19.8 Å². The molecule has 0 aromatic carbocycles. The summed E-state index contributed by atoms with van der Waals surface area (Å²) < 4.78 is 0. The minimum atomic E-state index is -0.833. The van der Waals surface area contributed by atoms with Crippen molar-refractivity contribution in [3.63, 3.8) is 0 Å². The highest BCUT2D eigenvalue weighted by atomic mass is 16.4. The highest BCUT2D eigenvalue weighted by Gasteiger charge is 1.96. The van der Waals surface area contributed by atoms with Crippen LogP contribution in [0.1, 0.15) is 90.9 Å². The van der Waals surface area contributed by atoms with Gasteiger partial charge in [0.1, 0.15) is 0 Å². The Morgan fingerprint density at radius 3 is 1.59 bits per heavy atom. The van der Waals surface area contributed by atoms with Gasteiger partial charge >= 0.3 is 5.97 Å². The molecule has 0 aliphatic rings. The number of rotatable bonds is 13. The Labute approximate surface area is 135 Å². The molecular formula is C18H34O4. The number of aliphatic carboxylic acids is 2. The molecule has 0 fully saturated rings. The first-order valence-electron chi connectivity index (χ1n) is 8.57. The van der Waals surface area contributed by atoms with E-state index in [1.54, 1.807) is 0 Å². The number of hydrogen-bond acceptors (Lipinski definition) is 2. The van der Waals surface area contributed by atoms with Crippen molar-refractivity contribution in [2.45, 2.75) is 90.9 Å². The summed E-state index contributed by atoms with van der Waals surface area (Å²) >= 11 is 0. The molecule has 0 heterocycles. The van der Waals surface area contributed by atoms with Crippen LogP contribution in [-0.4, -0.2) is 22.2 Å². The second-order valence-electron chi connectivity index (χ2n) is 5.51. The van der Waals surface area contributed by atoms with Crippen LogP contribution in [0.5, 0.6) is 0 Å². The van der Waals surface area contributed by atoms with Crippen LogP contribution in [0.3, 0.4) is 0 Å². The van der Waals surface area contributed by atoms with Gasteiger partial charge in [-0.25, -0.2) is 0 Å². The summed E-state index contributed by atoms with van der Waals surface area (Å²) in [6.45, 7) is 3.26. The molecule has 0 radical (unpaired) electrons. The van der Waals surface area contributed by atoms with Crippen LogP contribution in [0.4, 0.5) is 0 Å². The fourth-order valence-corrected chi connectivity index (χ4v) is 2.06. The summed E-state index contributed by atoms with van der Waals surface area (Å²) in [5.74, 6) is -1.49. The van der Waals surface area contributed by atoms with Gasteiger partial charge in [-0.1, -0.05) is 64.0 Å². The van der Waals surface area contributed by atoms with Crippen LogP contribution in [0.15, 0.2) is 12.2 Å². The number of carboxylic acids is 2. The van der Waals surface area contributed by atoms with Crippen molar-refractivity contribution in [1.29, 1.82) is 0 Å². The molecule has 0 amide bonds. The molecule has 0 saturated heterocycles. The minimum Gasteiger partial charge on any atom is -0.481 e. The first-order chi connectivity index (χ1) is 10.5. The summed E-state index contributed by atoms with van der Waals surface area (Å²) in [7, 11) is 0. The van der Waals surface area contributed by atoms with Crippen LogP contribution in [0.25, 0.3) is 0 Å². The average Bonchev–Trinajstić information content (AvgIpc) is 2.43. The summed E-state index contributed by atoms with van der Waals surface area (Å²) in [5, 5.41) is 15.9. The SMILES string of the molecule is CC(=O)O.CCC=CCCCCCCCCCCCC(=O)O. The molecule has 0 rings (SSSR count). The van der Waals surface area contributed by atoms with Crippen molar-refractivity contribution >= 4 is 11.9 Å². The first kappa shape index (κ1) is 23.0. The Kier molecular flexibility index (Phi) is 20.5. The van der Waals surface area contributed by atoms with E-state index in [-0.39, 0.29) is 0 Å². The Bertz CT molecular complexity index is 281. The van der Waals surface area contributed by atoms with Crippen LogP contribution in [0, 0.1) is 0 Å². The second kappa shape index (κ2) is 19.7. The van der Waals surface area contributed by atoms with Crippen molar-refractivity contribution in [3.05, 3.63) is 12.2 Å². The molecule has 0 saturated carbocycles. The van der Waals surface area contributed by atoms with E-state index in [0.29, 0.717) is 6.42 Å². The molecule has 0 aromatic rings. The number of carboxylic acid groups (broad SMARTS) is 2. The Morgan fingerprint density at radius 1 is 0.773 bits per heavy atom. The van der Waals surface area contributed by atoms with E-state index < -0.39 is 11.9 Å². The topological polar surface area (TPSA) is 74.6 Å². The summed E-state index contributed by atoms with van der Waals surface area (Å²) in [4.78, 5) is 19.3. The smallest absolute Gasteiger partial charge is 0.303 e. The molecule has 0 aliphatic carbocycles. The maximum absolute atomic E-state index is 10.3. The normalized spacial score (nSPS) is 10.3. The molecule has 0 atom stereocenters. The van der Waals surface area contributed by atoms with E-state index in [1.807, 2.05) is 0 Å². The zero-order valence-corrected chi connectivity index (χ0v) is 14.4. The molecule has 0 spiro atoms. The third-order valence-electron chi connectivity index (χ3n) is 3.16. The van der Waals surface area contributed by atoms with Gasteiger partial charge in [0.05, 0.1) is 0 Å². The van der Waals surface area contributed by atoms with Crippen molar-refractivity contribution in [1.82, 2.24) is 0 Å². The Balaban J connectivity index is 0. The molecule has 0 aromatic heterocycles. The van der Waals surface area contributed by atoms with Crippen LogP contribution >= 0.6 is 0 Å². The van der Waals surface area contributed by atoms with Crippen molar-refractivity contribution in [2.75, 3.05) is 0 Å². The molecule has 130 valence electrons. The molecule has 4 heteroatoms. The van der Waals surface area contributed by atoms with Gasteiger partial charge in [-0.15, -0.1) is 0 Å². The lowest BCUT2D eigenvalue weighted by molar-refractivity contribution is -0.137. The van der Waals surface area contributed by atoms with Gasteiger partial charge in [0.25, 0.3) is 5.97 Å². The maximum Gasteiger partial charge on any atom is 0.303 e. The first-order valence-corrected chi connectivity index (χ1v) is 8.57. The van der Waals surface area contributed by atoms with Gasteiger partial charge in [-0.3, -0.25) is 9.59 Å². The number of hydrogen-bond donors (Lipinski definition) is 2. The lowest BCUT2D eigenvalue weighted by atomic mass is 10.1. The van der Waals surface area contributed by atoms with E-state index in [4.69, 9.17) is 15.0 Å². The predicted octanol–water partition coefficient (Wildman–Crippen LogP) is 5.42. The standard InChI is InChI=1S/C16H30O2.C2H4O2/c1-2-3-4-5-6-7-8-9-10-11-12-13-14-15-16(17)18;1-2(3)4/h3-4H,2,5-15H2,1H3,(H,17,18);1H3,(H,3,4). The van der Waals surface area contributed by atoms with Crippen LogP contribution < -0.4 is 0 Å². The van der Waals surface area contributed by atoms with Gasteiger partial charge in [-0.05, 0) is 25.7 Å². The van der Waals surface area contributed by atoms with Gasteiger partial charge < -0.3 is 10.2 Å². The molecule has 2 N–H and O–H groups in total. The fraction of sp³-hybridized carbons (Fsp3) is 0.778. The van der Waals surface area contributed by atoms with Gasteiger partial charge in [0.2, 0.25) is 0 Å². The number of allylic oxidation sites excluding steroid dienone is 2. The number of unbranched alkanes of at least 4 members (excludes halogenated alkanes) is 9.